The molecule has 0 N–H and O–H groups in total. The molecule has 0 unspecified atom stereocenters. The Hall–Kier alpha value is -3.60. The van der Waals surface area contributed by atoms with Gasteiger partial charge in [-0.05, 0) is 29.7 Å². The predicted molar refractivity (Wildman–Crippen MR) is 97.9 cm³/mol. The van der Waals surface area contributed by atoms with Crippen LogP contribution in [0.2, 0.25) is 0 Å². The van der Waals surface area contributed by atoms with E-state index in [1.165, 1.54) is 13.2 Å². The Morgan fingerprint density at radius 1 is 0.923 bits per heavy atom. The number of ether oxygens (including phenoxy) is 2. The number of hydrogen-bond donors (Lipinski definition) is 0. The molecule has 0 aliphatic heterocycles. The Kier molecular flexibility index (Phi) is 3.89. The largest absolute Gasteiger partial charge is 0.497 e. The van der Waals surface area contributed by atoms with Gasteiger partial charge in [0, 0.05) is 16.8 Å². The molecule has 4 aromatic rings. The second-order valence-corrected chi connectivity index (χ2v) is 5.72. The lowest BCUT2D eigenvalue weighted by molar-refractivity contribution is 0.0733. The molecule has 0 fully saturated rings. The molecule has 0 aliphatic carbocycles. The third-order valence-electron chi connectivity index (χ3n) is 4.12. The molecule has 0 amide bonds. The first-order valence-corrected chi connectivity index (χ1v) is 7.97. The molecule has 0 saturated carbocycles. The minimum Gasteiger partial charge on any atom is -0.497 e. The van der Waals surface area contributed by atoms with Crippen LogP contribution in [0.4, 0.5) is 0 Å². The zero-order chi connectivity index (χ0) is 18.1. The molecule has 4 rings (SSSR count). The molecule has 5 nitrogen and oxygen atoms in total. The van der Waals surface area contributed by atoms with Crippen LogP contribution in [0.5, 0.6) is 11.5 Å². The molecule has 26 heavy (non-hydrogen) atoms. The Morgan fingerprint density at radius 3 is 2.58 bits per heavy atom. The Balaban J connectivity index is 1.74. The fraction of sp³-hybridized carbons (Fsp3) is 0.0476. The zero-order valence-electron chi connectivity index (χ0n) is 13.9. The van der Waals surface area contributed by atoms with Gasteiger partial charge < -0.3 is 13.9 Å². The van der Waals surface area contributed by atoms with E-state index in [4.69, 9.17) is 13.9 Å². The summed E-state index contributed by atoms with van der Waals surface area (Å²) in [5.41, 5.74) is -0.567. The number of carbonyl (C=O) groups excluding carboxylic acids is 1. The van der Waals surface area contributed by atoms with E-state index in [9.17, 15) is 9.59 Å². The van der Waals surface area contributed by atoms with Crippen molar-refractivity contribution >= 4 is 27.7 Å². The number of methoxy groups -OCH3 is 1. The standard InChI is InChI=1S/C21H14O5/c1-24-15-10-9-14-11-17(21(23)26-19(14)12-15)20(22)25-18-8-4-6-13-5-2-3-7-16(13)18/h2-12H,1H3. The Bertz CT molecular complexity index is 1180. The summed E-state index contributed by atoms with van der Waals surface area (Å²) >= 11 is 0. The normalized spacial score (nSPS) is 10.8. The third-order valence-corrected chi connectivity index (χ3v) is 4.12. The average molecular weight is 346 g/mol. The highest BCUT2D eigenvalue weighted by molar-refractivity contribution is 5.97. The number of carbonyl (C=O) groups is 1. The van der Waals surface area contributed by atoms with Crippen molar-refractivity contribution in [3.63, 3.8) is 0 Å². The van der Waals surface area contributed by atoms with Crippen LogP contribution < -0.4 is 15.1 Å². The number of rotatable bonds is 3. The van der Waals surface area contributed by atoms with Gasteiger partial charge in [-0.25, -0.2) is 9.59 Å². The monoisotopic (exact) mass is 346 g/mol. The first-order valence-electron chi connectivity index (χ1n) is 7.97. The van der Waals surface area contributed by atoms with Crippen LogP contribution in [-0.4, -0.2) is 13.1 Å². The number of esters is 1. The lowest BCUT2D eigenvalue weighted by Gasteiger charge is -2.08. The molecule has 1 aromatic heterocycles. The van der Waals surface area contributed by atoms with Crippen molar-refractivity contribution in [2.45, 2.75) is 0 Å². The summed E-state index contributed by atoms with van der Waals surface area (Å²) in [5.74, 6) is 0.196. The van der Waals surface area contributed by atoms with Crippen molar-refractivity contribution in [3.05, 3.63) is 82.7 Å². The van der Waals surface area contributed by atoms with E-state index >= 15 is 0 Å². The Labute approximate surface area is 148 Å². The first-order chi connectivity index (χ1) is 12.7. The quantitative estimate of drug-likeness (QED) is 0.316. The summed E-state index contributed by atoms with van der Waals surface area (Å²) in [7, 11) is 1.52. The predicted octanol–water partition coefficient (Wildman–Crippen LogP) is 4.17. The molecule has 3 aromatic carbocycles. The van der Waals surface area contributed by atoms with Gasteiger partial charge in [0.25, 0.3) is 0 Å². The second-order valence-electron chi connectivity index (χ2n) is 5.72. The molecular weight excluding hydrogens is 332 g/mol. The van der Waals surface area contributed by atoms with E-state index in [1.54, 1.807) is 30.3 Å². The molecule has 0 aliphatic rings. The molecule has 0 saturated heterocycles. The van der Waals surface area contributed by atoms with Gasteiger partial charge in [0.15, 0.2) is 0 Å². The van der Waals surface area contributed by atoms with Crippen LogP contribution in [0.25, 0.3) is 21.7 Å². The minimum absolute atomic E-state index is 0.157. The summed E-state index contributed by atoms with van der Waals surface area (Å²) in [4.78, 5) is 24.8. The van der Waals surface area contributed by atoms with E-state index in [0.717, 1.165) is 10.8 Å². The van der Waals surface area contributed by atoms with Gasteiger partial charge in [-0.1, -0.05) is 36.4 Å². The maximum absolute atomic E-state index is 12.5. The van der Waals surface area contributed by atoms with E-state index in [-0.39, 0.29) is 5.56 Å². The number of hydrogen-bond acceptors (Lipinski definition) is 5. The summed E-state index contributed by atoms with van der Waals surface area (Å²) in [6.45, 7) is 0. The molecule has 5 heteroatoms. The molecule has 128 valence electrons. The van der Waals surface area contributed by atoms with Crippen LogP contribution in [0.15, 0.2) is 75.9 Å². The maximum atomic E-state index is 12.5. The van der Waals surface area contributed by atoms with Crippen molar-refractivity contribution < 1.29 is 18.7 Å². The number of benzene rings is 3. The van der Waals surface area contributed by atoms with E-state index < -0.39 is 11.6 Å². The first kappa shape index (κ1) is 15.9. The van der Waals surface area contributed by atoms with Crippen LogP contribution in [0, 0.1) is 0 Å². The van der Waals surface area contributed by atoms with Crippen LogP contribution >= 0.6 is 0 Å². The molecule has 0 radical (unpaired) electrons. The van der Waals surface area contributed by atoms with Gasteiger partial charge in [0.05, 0.1) is 7.11 Å². The van der Waals surface area contributed by atoms with Crippen LogP contribution in [-0.2, 0) is 0 Å². The minimum atomic E-state index is -0.757. The second kappa shape index (κ2) is 6.37. The van der Waals surface area contributed by atoms with Crippen molar-refractivity contribution in [1.29, 1.82) is 0 Å². The smallest absolute Gasteiger partial charge is 0.351 e. The van der Waals surface area contributed by atoms with Gasteiger partial charge in [-0.15, -0.1) is 0 Å². The SMILES string of the molecule is COc1ccc2cc(C(=O)Oc3cccc4ccccc34)c(=O)oc2c1. The van der Waals surface area contributed by atoms with Gasteiger partial charge in [0.2, 0.25) is 0 Å². The van der Waals surface area contributed by atoms with Crippen molar-refractivity contribution in [2.24, 2.45) is 0 Å². The van der Waals surface area contributed by atoms with Crippen molar-refractivity contribution in [3.8, 4) is 11.5 Å². The van der Waals surface area contributed by atoms with Crippen LogP contribution in [0.1, 0.15) is 10.4 Å². The summed E-state index contributed by atoms with van der Waals surface area (Å²) in [6.07, 6.45) is 0. The van der Waals surface area contributed by atoms with Gasteiger partial charge in [0.1, 0.15) is 22.6 Å². The lowest BCUT2D eigenvalue weighted by atomic mass is 10.1. The van der Waals surface area contributed by atoms with Gasteiger partial charge >= 0.3 is 11.6 Å². The van der Waals surface area contributed by atoms with E-state index in [2.05, 4.69) is 0 Å². The topological polar surface area (TPSA) is 65.7 Å². The highest BCUT2D eigenvalue weighted by Crippen LogP contribution is 2.26. The maximum Gasteiger partial charge on any atom is 0.351 e. The van der Waals surface area contributed by atoms with Crippen LogP contribution in [0.3, 0.4) is 0 Å². The Morgan fingerprint density at radius 2 is 1.73 bits per heavy atom. The molecule has 0 bridgehead atoms. The van der Waals surface area contributed by atoms with E-state index in [1.807, 2.05) is 30.3 Å². The molecule has 0 atom stereocenters. The highest BCUT2D eigenvalue weighted by atomic mass is 16.5. The number of fused-ring (bicyclic) bond motifs is 2. The van der Waals surface area contributed by atoms with E-state index in [0.29, 0.717) is 22.5 Å². The fourth-order valence-corrected chi connectivity index (χ4v) is 2.80. The van der Waals surface area contributed by atoms with Gasteiger partial charge in [-0.3, -0.25) is 0 Å². The summed E-state index contributed by atoms with van der Waals surface area (Å²) < 4.78 is 15.8. The highest BCUT2D eigenvalue weighted by Gasteiger charge is 2.17. The van der Waals surface area contributed by atoms with Crippen molar-refractivity contribution in [2.75, 3.05) is 7.11 Å². The molecule has 1 heterocycles. The lowest BCUT2D eigenvalue weighted by Crippen LogP contribution is -2.18. The van der Waals surface area contributed by atoms with Gasteiger partial charge in [-0.2, -0.15) is 0 Å². The molecule has 0 spiro atoms. The fourth-order valence-electron chi connectivity index (χ4n) is 2.80. The third kappa shape index (κ3) is 2.80. The zero-order valence-corrected chi connectivity index (χ0v) is 13.9. The van der Waals surface area contributed by atoms with Crippen molar-refractivity contribution in [1.82, 2.24) is 0 Å². The summed E-state index contributed by atoms with van der Waals surface area (Å²) in [5, 5.41) is 2.34. The summed E-state index contributed by atoms with van der Waals surface area (Å²) in [6, 6.07) is 19.4. The molecular formula is C21H14O5. The average Bonchev–Trinajstić information content (AvgIpc) is 2.67.